The minimum absolute atomic E-state index is 0.0975. The molecule has 0 amide bonds. The molecule has 0 bridgehead atoms. The predicted octanol–water partition coefficient (Wildman–Crippen LogP) is 3.35. The Hall–Kier alpha value is -2.49. The fourth-order valence-electron chi connectivity index (χ4n) is 4.41. The topological polar surface area (TPSA) is 94.9 Å². The molecule has 1 saturated heterocycles. The van der Waals surface area contributed by atoms with Gasteiger partial charge in [-0.2, -0.15) is 4.31 Å². The summed E-state index contributed by atoms with van der Waals surface area (Å²) in [5.41, 5.74) is 1.82. The molecule has 1 aromatic heterocycles. The van der Waals surface area contributed by atoms with Gasteiger partial charge in [-0.3, -0.25) is 4.79 Å². The van der Waals surface area contributed by atoms with Crippen molar-refractivity contribution < 1.29 is 27.5 Å². The number of hydrogen-bond acceptors (Lipinski definition) is 6. The second-order valence-corrected chi connectivity index (χ2v) is 10.0. The molecular formula is C24H32N2O6S. The Balaban J connectivity index is 1.98. The van der Waals surface area contributed by atoms with Crippen molar-refractivity contribution in [3.8, 4) is 0 Å². The number of carbonyl (C=O) groups is 2. The van der Waals surface area contributed by atoms with Gasteiger partial charge in [0.05, 0.1) is 24.2 Å². The first kappa shape index (κ1) is 25.1. The van der Waals surface area contributed by atoms with E-state index in [1.165, 1.54) is 16.4 Å². The first-order valence-corrected chi connectivity index (χ1v) is 12.7. The quantitative estimate of drug-likeness (QED) is 0.386. The van der Waals surface area contributed by atoms with Gasteiger partial charge in [0.1, 0.15) is 5.69 Å². The van der Waals surface area contributed by atoms with E-state index in [0.29, 0.717) is 35.7 Å². The number of benzene rings is 1. The average Bonchev–Trinajstić information content (AvgIpc) is 3.39. The Morgan fingerprint density at radius 1 is 1.18 bits per heavy atom. The molecule has 1 aliphatic rings. The molecule has 3 rings (SSSR count). The third kappa shape index (κ3) is 5.20. The standard InChI is InChI=1S/C24H32N2O6S/c1-5-26-18(4)22(17(3)23(26)24(28)31-6-2)21(27)16-25(15-19-11-10-14-32-19)33(29,30)20-12-8-7-9-13-20/h7-9,12-13,19H,5-6,10-11,14-16H2,1-4H3/t19-/m1/s1. The van der Waals surface area contributed by atoms with Crippen molar-refractivity contribution in [1.82, 2.24) is 8.87 Å². The van der Waals surface area contributed by atoms with Crippen molar-refractivity contribution in [3.05, 3.63) is 52.8 Å². The van der Waals surface area contributed by atoms with Gasteiger partial charge in [-0.15, -0.1) is 0 Å². The van der Waals surface area contributed by atoms with Crippen LogP contribution in [0, 0.1) is 13.8 Å². The summed E-state index contributed by atoms with van der Waals surface area (Å²) in [5, 5.41) is 0. The van der Waals surface area contributed by atoms with Gasteiger partial charge in [0, 0.05) is 31.0 Å². The number of esters is 1. The number of ether oxygens (including phenoxy) is 2. The highest BCUT2D eigenvalue weighted by atomic mass is 32.2. The van der Waals surface area contributed by atoms with Gasteiger partial charge in [0.25, 0.3) is 0 Å². The first-order chi connectivity index (χ1) is 15.7. The fraction of sp³-hybridized carbons (Fsp3) is 0.500. The monoisotopic (exact) mass is 476 g/mol. The van der Waals surface area contributed by atoms with Crippen LogP contribution >= 0.6 is 0 Å². The second kappa shape index (κ2) is 10.6. The Kier molecular flexibility index (Phi) is 8.10. The van der Waals surface area contributed by atoms with E-state index in [1.54, 1.807) is 43.5 Å². The Morgan fingerprint density at radius 2 is 1.88 bits per heavy atom. The van der Waals surface area contributed by atoms with Crippen molar-refractivity contribution in [3.63, 3.8) is 0 Å². The largest absolute Gasteiger partial charge is 0.461 e. The Morgan fingerprint density at radius 3 is 2.45 bits per heavy atom. The van der Waals surface area contributed by atoms with E-state index in [1.807, 2.05) is 6.92 Å². The summed E-state index contributed by atoms with van der Waals surface area (Å²) in [5.74, 6) is -0.854. The maximum Gasteiger partial charge on any atom is 0.355 e. The number of sulfonamides is 1. The van der Waals surface area contributed by atoms with Crippen LogP contribution in [0.1, 0.15) is 58.8 Å². The van der Waals surface area contributed by atoms with Gasteiger partial charge in [-0.1, -0.05) is 18.2 Å². The molecule has 2 aromatic rings. The molecule has 0 N–H and O–H groups in total. The van der Waals surface area contributed by atoms with Crippen molar-refractivity contribution >= 4 is 21.8 Å². The minimum Gasteiger partial charge on any atom is -0.461 e. The zero-order valence-corrected chi connectivity index (χ0v) is 20.5. The van der Waals surface area contributed by atoms with Crippen LogP contribution < -0.4 is 0 Å². The smallest absolute Gasteiger partial charge is 0.355 e. The Bertz CT molecular complexity index is 1100. The molecule has 1 aliphatic heterocycles. The van der Waals surface area contributed by atoms with Crippen LogP contribution in [-0.2, 0) is 26.0 Å². The van der Waals surface area contributed by atoms with Crippen LogP contribution in [0.15, 0.2) is 35.2 Å². The van der Waals surface area contributed by atoms with E-state index in [-0.39, 0.29) is 36.5 Å². The number of ketones is 1. The number of rotatable bonds is 10. The SMILES string of the molecule is CCOC(=O)c1c(C)c(C(=O)CN(C[C@H]2CCCO2)S(=O)(=O)c2ccccc2)c(C)n1CC. The van der Waals surface area contributed by atoms with Crippen LogP contribution in [0.3, 0.4) is 0 Å². The third-order valence-corrected chi connectivity index (χ3v) is 7.79. The van der Waals surface area contributed by atoms with Crippen molar-refractivity contribution in [2.45, 2.75) is 58.1 Å². The lowest BCUT2D eigenvalue weighted by Gasteiger charge is -2.24. The summed E-state index contributed by atoms with van der Waals surface area (Å²) in [6.45, 7) is 8.12. The zero-order chi connectivity index (χ0) is 24.2. The summed E-state index contributed by atoms with van der Waals surface area (Å²) in [6.07, 6.45) is 1.35. The molecule has 180 valence electrons. The van der Waals surface area contributed by atoms with Crippen LogP contribution in [0.5, 0.6) is 0 Å². The maximum absolute atomic E-state index is 13.5. The molecule has 0 radical (unpaired) electrons. The third-order valence-electron chi connectivity index (χ3n) is 5.96. The molecule has 0 spiro atoms. The van der Waals surface area contributed by atoms with Crippen LogP contribution in [0.2, 0.25) is 0 Å². The molecule has 1 fully saturated rings. The summed E-state index contributed by atoms with van der Waals surface area (Å²) in [4.78, 5) is 26.2. The van der Waals surface area contributed by atoms with E-state index < -0.39 is 16.0 Å². The molecule has 8 nitrogen and oxygen atoms in total. The van der Waals surface area contributed by atoms with Gasteiger partial charge in [0.15, 0.2) is 5.78 Å². The van der Waals surface area contributed by atoms with Gasteiger partial charge < -0.3 is 14.0 Å². The summed E-state index contributed by atoms with van der Waals surface area (Å²) in [6, 6.07) is 8.09. The number of hydrogen-bond donors (Lipinski definition) is 0. The van der Waals surface area contributed by atoms with E-state index >= 15 is 0 Å². The van der Waals surface area contributed by atoms with Crippen molar-refractivity contribution in [2.75, 3.05) is 26.3 Å². The number of nitrogens with zero attached hydrogens (tertiary/aromatic N) is 2. The molecular weight excluding hydrogens is 444 g/mol. The average molecular weight is 477 g/mol. The predicted molar refractivity (Wildman–Crippen MR) is 124 cm³/mol. The van der Waals surface area contributed by atoms with Crippen LogP contribution in [-0.4, -0.2) is 61.4 Å². The summed E-state index contributed by atoms with van der Waals surface area (Å²) < 4.78 is 40.6. The molecule has 0 aliphatic carbocycles. The van der Waals surface area contributed by atoms with Gasteiger partial charge >= 0.3 is 5.97 Å². The number of carbonyl (C=O) groups excluding carboxylic acids is 2. The molecule has 2 heterocycles. The lowest BCUT2D eigenvalue weighted by molar-refractivity contribution is 0.0512. The van der Waals surface area contributed by atoms with E-state index in [0.717, 1.165) is 12.8 Å². The Labute approximate surface area is 195 Å². The van der Waals surface area contributed by atoms with Gasteiger partial charge in [0.2, 0.25) is 10.0 Å². The summed E-state index contributed by atoms with van der Waals surface area (Å²) in [7, 11) is -3.92. The first-order valence-electron chi connectivity index (χ1n) is 11.3. The lowest BCUT2D eigenvalue weighted by Crippen LogP contribution is -2.41. The van der Waals surface area contributed by atoms with E-state index in [2.05, 4.69) is 0 Å². The highest BCUT2D eigenvalue weighted by Gasteiger charge is 2.33. The number of aromatic nitrogens is 1. The van der Waals surface area contributed by atoms with Crippen molar-refractivity contribution in [1.29, 1.82) is 0 Å². The summed E-state index contributed by atoms with van der Waals surface area (Å²) >= 11 is 0. The van der Waals surface area contributed by atoms with Crippen molar-refractivity contribution in [2.24, 2.45) is 0 Å². The fourth-order valence-corrected chi connectivity index (χ4v) is 5.86. The molecule has 0 saturated carbocycles. The second-order valence-electron chi connectivity index (χ2n) is 8.07. The normalized spacial score (nSPS) is 16.3. The lowest BCUT2D eigenvalue weighted by atomic mass is 10.1. The minimum atomic E-state index is -3.92. The molecule has 1 aromatic carbocycles. The van der Waals surface area contributed by atoms with E-state index in [9.17, 15) is 18.0 Å². The van der Waals surface area contributed by atoms with Crippen LogP contribution in [0.4, 0.5) is 0 Å². The molecule has 33 heavy (non-hydrogen) atoms. The zero-order valence-electron chi connectivity index (χ0n) is 19.7. The molecule has 9 heteroatoms. The van der Waals surface area contributed by atoms with E-state index in [4.69, 9.17) is 9.47 Å². The van der Waals surface area contributed by atoms with Gasteiger partial charge in [-0.25, -0.2) is 13.2 Å². The molecule has 1 atom stereocenters. The molecule has 0 unspecified atom stereocenters. The number of Topliss-reactive ketones (excluding diaryl/α,β-unsaturated/α-hetero) is 1. The highest BCUT2D eigenvalue weighted by molar-refractivity contribution is 7.89. The van der Waals surface area contributed by atoms with Crippen LogP contribution in [0.25, 0.3) is 0 Å². The highest BCUT2D eigenvalue weighted by Crippen LogP contribution is 2.26. The van der Waals surface area contributed by atoms with Gasteiger partial charge in [-0.05, 0) is 58.2 Å². The maximum atomic E-state index is 13.5.